The Morgan fingerprint density at radius 2 is 1.67 bits per heavy atom. The zero-order chi connectivity index (χ0) is 16.5. The molecule has 0 saturated carbocycles. The lowest BCUT2D eigenvalue weighted by atomic mass is 9.95. The molecule has 124 valence electrons. The molecule has 2 heterocycles. The second-order valence-electron chi connectivity index (χ2n) is 6.34. The van der Waals surface area contributed by atoms with Crippen LogP contribution in [-0.2, 0) is 0 Å². The van der Waals surface area contributed by atoms with Crippen molar-refractivity contribution in [1.29, 1.82) is 0 Å². The summed E-state index contributed by atoms with van der Waals surface area (Å²) in [7, 11) is 0. The van der Waals surface area contributed by atoms with Crippen molar-refractivity contribution >= 4 is 5.78 Å². The first-order valence-electron chi connectivity index (χ1n) is 8.41. The smallest absolute Gasteiger partial charge is 0.170 e. The quantitative estimate of drug-likeness (QED) is 0.786. The van der Waals surface area contributed by atoms with Gasteiger partial charge in [-0.2, -0.15) is 0 Å². The third-order valence-corrected chi connectivity index (χ3v) is 4.47. The van der Waals surface area contributed by atoms with Gasteiger partial charge in [-0.25, -0.2) is 0 Å². The average Bonchev–Trinajstić information content (AvgIpc) is 2.56. The van der Waals surface area contributed by atoms with Gasteiger partial charge in [0, 0.05) is 0 Å². The molecule has 0 bridgehead atoms. The third-order valence-electron chi connectivity index (χ3n) is 4.47. The van der Waals surface area contributed by atoms with Gasteiger partial charge in [0.25, 0.3) is 0 Å². The number of fused-ring (bicyclic) bond motifs is 2. The van der Waals surface area contributed by atoms with Gasteiger partial charge in [-0.05, 0) is 49.6 Å². The predicted octanol–water partition coefficient (Wildman–Crippen LogP) is 4.25. The van der Waals surface area contributed by atoms with Crippen LogP contribution in [0.4, 0.5) is 0 Å². The van der Waals surface area contributed by atoms with E-state index in [-0.39, 0.29) is 11.9 Å². The van der Waals surface area contributed by atoms with Crippen LogP contribution < -0.4 is 14.2 Å². The molecule has 0 spiro atoms. The molecule has 0 aliphatic carbocycles. The minimum Gasteiger partial charge on any atom is -0.490 e. The number of hydrogen-bond donors (Lipinski definition) is 0. The molecule has 0 N–H and O–H groups in total. The van der Waals surface area contributed by atoms with Gasteiger partial charge in [-0.3, -0.25) is 4.79 Å². The first-order valence-corrected chi connectivity index (χ1v) is 8.41. The second kappa shape index (κ2) is 6.19. The zero-order valence-electron chi connectivity index (χ0n) is 13.7. The lowest BCUT2D eigenvalue weighted by Gasteiger charge is -2.26. The van der Waals surface area contributed by atoms with E-state index in [1.807, 2.05) is 43.3 Å². The van der Waals surface area contributed by atoms with Gasteiger partial charge in [0.1, 0.15) is 11.9 Å². The molecular formula is C20H20O4. The van der Waals surface area contributed by atoms with Crippen LogP contribution in [0.5, 0.6) is 17.2 Å². The molecule has 2 aliphatic rings. The molecule has 0 fully saturated rings. The second-order valence-corrected chi connectivity index (χ2v) is 6.34. The van der Waals surface area contributed by atoms with E-state index in [1.165, 1.54) is 0 Å². The molecule has 4 rings (SSSR count). The van der Waals surface area contributed by atoms with Gasteiger partial charge in [-0.1, -0.05) is 17.7 Å². The Hall–Kier alpha value is -2.49. The summed E-state index contributed by atoms with van der Waals surface area (Å²) in [6.45, 7) is 3.37. The van der Waals surface area contributed by atoms with Crippen molar-refractivity contribution in [2.45, 2.75) is 32.3 Å². The average molecular weight is 324 g/mol. The Balaban J connectivity index is 1.63. The normalized spacial score (nSPS) is 19.7. The number of carbonyl (C=O) groups is 1. The summed E-state index contributed by atoms with van der Waals surface area (Å²) in [5, 5.41) is 0. The number of ether oxygens (including phenoxy) is 3. The van der Waals surface area contributed by atoms with Crippen molar-refractivity contribution in [3.8, 4) is 17.2 Å². The minimum atomic E-state index is -0.285. The van der Waals surface area contributed by atoms with Crippen LogP contribution in [0.1, 0.15) is 46.9 Å². The predicted molar refractivity (Wildman–Crippen MR) is 90.2 cm³/mol. The van der Waals surface area contributed by atoms with Crippen LogP contribution in [0, 0.1) is 6.92 Å². The minimum absolute atomic E-state index is 0.119. The van der Waals surface area contributed by atoms with Crippen molar-refractivity contribution in [2.75, 3.05) is 13.2 Å². The van der Waals surface area contributed by atoms with Gasteiger partial charge >= 0.3 is 0 Å². The Labute approximate surface area is 141 Å². The molecule has 24 heavy (non-hydrogen) atoms. The van der Waals surface area contributed by atoms with Crippen LogP contribution in [0.15, 0.2) is 36.4 Å². The first-order chi connectivity index (χ1) is 11.7. The van der Waals surface area contributed by atoms with Crippen molar-refractivity contribution < 1.29 is 19.0 Å². The van der Waals surface area contributed by atoms with Crippen LogP contribution in [0.2, 0.25) is 0 Å². The van der Waals surface area contributed by atoms with E-state index in [1.54, 1.807) is 0 Å². The van der Waals surface area contributed by atoms with Gasteiger partial charge in [0.15, 0.2) is 17.3 Å². The Kier molecular flexibility index (Phi) is 3.89. The summed E-state index contributed by atoms with van der Waals surface area (Å²) in [6.07, 6.45) is 2.04. The van der Waals surface area contributed by atoms with E-state index in [2.05, 4.69) is 0 Å². The highest BCUT2D eigenvalue weighted by atomic mass is 16.5. The fraction of sp³-hybridized carbons (Fsp3) is 0.350. The maximum atomic E-state index is 12.5. The highest BCUT2D eigenvalue weighted by molar-refractivity contribution is 6.00. The summed E-state index contributed by atoms with van der Waals surface area (Å²) >= 11 is 0. The standard InChI is InChI=1S/C20H20O4/c1-13-4-6-17-15(10-13)16(21)12-19(24-17)14-5-7-18-20(11-14)23-9-3-2-8-22-18/h4-7,10-11,19H,2-3,8-9,12H2,1H3/t19-/m0/s1. The number of rotatable bonds is 1. The Bertz CT molecular complexity index is 781. The monoisotopic (exact) mass is 324 g/mol. The molecule has 0 amide bonds. The van der Waals surface area contributed by atoms with Crippen LogP contribution in [0.25, 0.3) is 0 Å². The molecule has 2 aliphatic heterocycles. The highest BCUT2D eigenvalue weighted by Gasteiger charge is 2.28. The number of hydrogen-bond acceptors (Lipinski definition) is 4. The molecule has 1 atom stereocenters. The number of Topliss-reactive ketones (excluding diaryl/α,β-unsaturated/α-hetero) is 1. The lowest BCUT2D eigenvalue weighted by molar-refractivity contribution is 0.0849. The van der Waals surface area contributed by atoms with Gasteiger partial charge < -0.3 is 14.2 Å². The van der Waals surface area contributed by atoms with Crippen molar-refractivity contribution in [3.05, 3.63) is 53.1 Å². The molecule has 0 saturated heterocycles. The van der Waals surface area contributed by atoms with E-state index in [0.717, 1.165) is 35.5 Å². The number of aryl methyl sites for hydroxylation is 1. The van der Waals surface area contributed by atoms with Gasteiger partial charge in [0.05, 0.1) is 25.2 Å². The Morgan fingerprint density at radius 1 is 0.917 bits per heavy atom. The summed E-state index contributed by atoms with van der Waals surface area (Å²) in [5.41, 5.74) is 2.69. The third kappa shape index (κ3) is 2.84. The van der Waals surface area contributed by atoms with E-state index < -0.39 is 0 Å². The van der Waals surface area contributed by atoms with E-state index in [4.69, 9.17) is 14.2 Å². The summed E-state index contributed by atoms with van der Waals surface area (Å²) in [6, 6.07) is 11.5. The molecule has 4 nitrogen and oxygen atoms in total. The molecule has 0 aromatic heterocycles. The summed E-state index contributed by atoms with van der Waals surface area (Å²) < 4.78 is 17.6. The highest BCUT2D eigenvalue weighted by Crippen LogP contribution is 2.38. The van der Waals surface area contributed by atoms with Crippen molar-refractivity contribution in [3.63, 3.8) is 0 Å². The molecule has 2 aromatic carbocycles. The van der Waals surface area contributed by atoms with Gasteiger partial charge in [0.2, 0.25) is 0 Å². The van der Waals surface area contributed by atoms with Crippen LogP contribution in [0.3, 0.4) is 0 Å². The topological polar surface area (TPSA) is 44.8 Å². The van der Waals surface area contributed by atoms with E-state index in [9.17, 15) is 4.79 Å². The molecule has 0 unspecified atom stereocenters. The van der Waals surface area contributed by atoms with Crippen LogP contribution >= 0.6 is 0 Å². The fourth-order valence-electron chi connectivity index (χ4n) is 3.15. The fourth-order valence-corrected chi connectivity index (χ4v) is 3.15. The van der Waals surface area contributed by atoms with Gasteiger partial charge in [-0.15, -0.1) is 0 Å². The SMILES string of the molecule is Cc1ccc2c(c1)C(=O)C[C@@H](c1ccc3c(c1)OCCCCO3)O2. The molecule has 4 heteroatoms. The van der Waals surface area contributed by atoms with Crippen LogP contribution in [-0.4, -0.2) is 19.0 Å². The number of benzene rings is 2. The lowest BCUT2D eigenvalue weighted by Crippen LogP contribution is -2.20. The maximum absolute atomic E-state index is 12.5. The Morgan fingerprint density at radius 3 is 2.50 bits per heavy atom. The summed E-state index contributed by atoms with van der Waals surface area (Å²) in [5.74, 6) is 2.27. The summed E-state index contributed by atoms with van der Waals surface area (Å²) in [4.78, 5) is 12.5. The zero-order valence-corrected chi connectivity index (χ0v) is 13.7. The largest absolute Gasteiger partial charge is 0.490 e. The molecular weight excluding hydrogens is 304 g/mol. The van der Waals surface area contributed by atoms with E-state index in [0.29, 0.717) is 30.9 Å². The number of carbonyl (C=O) groups excluding carboxylic acids is 1. The number of ketones is 1. The maximum Gasteiger partial charge on any atom is 0.170 e. The first kappa shape index (κ1) is 15.1. The molecule has 2 aromatic rings. The van der Waals surface area contributed by atoms with Crippen molar-refractivity contribution in [2.24, 2.45) is 0 Å². The van der Waals surface area contributed by atoms with E-state index >= 15 is 0 Å². The van der Waals surface area contributed by atoms with Crippen molar-refractivity contribution in [1.82, 2.24) is 0 Å². The molecule has 0 radical (unpaired) electrons.